The van der Waals surface area contributed by atoms with E-state index in [2.05, 4.69) is 24.1 Å². The summed E-state index contributed by atoms with van der Waals surface area (Å²) in [4.78, 5) is 12.9. The van der Waals surface area contributed by atoms with Gasteiger partial charge in [0.25, 0.3) is 0 Å². The van der Waals surface area contributed by atoms with Gasteiger partial charge in [0.05, 0.1) is 0 Å². The molecule has 0 bridgehead atoms. The molecule has 0 heterocycles. The van der Waals surface area contributed by atoms with Gasteiger partial charge in [0.1, 0.15) is 0 Å². The summed E-state index contributed by atoms with van der Waals surface area (Å²) in [5.74, 6) is 4.89. The Morgan fingerprint density at radius 1 is 1.38 bits per heavy atom. The first kappa shape index (κ1) is 12.2. The Morgan fingerprint density at radius 2 is 2.00 bits per heavy atom. The third-order valence-electron chi connectivity index (χ3n) is 1.96. The maximum atomic E-state index is 10.6. The van der Waals surface area contributed by atoms with E-state index >= 15 is 0 Å². The summed E-state index contributed by atoms with van der Waals surface area (Å²) in [6, 6.07) is -0.320. The fourth-order valence-corrected chi connectivity index (χ4v) is 1.10. The standard InChI is InChI=1S/C8H20N4O/c1-3-12(4-2)7-5-6-10-8(13)11-9/h3-7,9H2,1-2H3,(H2,10,11,13). The zero-order valence-corrected chi connectivity index (χ0v) is 8.47. The Hall–Kier alpha value is -0.810. The number of carbonyl (C=O) groups excluding carboxylic acids is 1. The van der Waals surface area contributed by atoms with Crippen molar-refractivity contribution >= 4 is 6.03 Å². The summed E-state index contributed by atoms with van der Waals surface area (Å²) in [7, 11) is 0. The fourth-order valence-electron chi connectivity index (χ4n) is 1.10. The quantitative estimate of drug-likeness (QED) is 0.236. The number of nitrogens with one attached hydrogen (secondary N) is 2. The highest BCUT2D eigenvalue weighted by molar-refractivity contribution is 5.72. The molecule has 2 amide bonds. The fraction of sp³-hybridized carbons (Fsp3) is 0.875. The van der Waals surface area contributed by atoms with Crippen LogP contribution in [-0.2, 0) is 0 Å². The average molecular weight is 188 g/mol. The van der Waals surface area contributed by atoms with Crippen molar-refractivity contribution in [2.45, 2.75) is 20.3 Å². The number of amides is 2. The van der Waals surface area contributed by atoms with Gasteiger partial charge >= 0.3 is 6.03 Å². The van der Waals surface area contributed by atoms with E-state index in [1.807, 2.05) is 5.43 Å². The van der Waals surface area contributed by atoms with Crippen LogP contribution in [-0.4, -0.2) is 37.1 Å². The zero-order chi connectivity index (χ0) is 10.1. The lowest BCUT2D eigenvalue weighted by molar-refractivity contribution is 0.239. The van der Waals surface area contributed by atoms with Crippen LogP contribution in [0.4, 0.5) is 4.79 Å². The lowest BCUT2D eigenvalue weighted by Gasteiger charge is -2.17. The molecule has 0 aliphatic carbocycles. The number of hydrogen-bond donors (Lipinski definition) is 3. The summed E-state index contributed by atoms with van der Waals surface area (Å²) in [6.07, 6.45) is 0.953. The first-order valence-electron chi connectivity index (χ1n) is 4.71. The predicted octanol–water partition coefficient (Wildman–Crippen LogP) is -0.109. The van der Waals surface area contributed by atoms with Crippen molar-refractivity contribution in [3.05, 3.63) is 0 Å². The van der Waals surface area contributed by atoms with E-state index in [4.69, 9.17) is 5.84 Å². The van der Waals surface area contributed by atoms with Crippen molar-refractivity contribution < 1.29 is 4.79 Å². The number of carbonyl (C=O) groups is 1. The maximum Gasteiger partial charge on any atom is 0.328 e. The zero-order valence-electron chi connectivity index (χ0n) is 8.47. The van der Waals surface area contributed by atoms with Crippen molar-refractivity contribution in [1.29, 1.82) is 0 Å². The highest BCUT2D eigenvalue weighted by Gasteiger charge is 1.99. The second-order valence-electron chi connectivity index (χ2n) is 2.78. The number of nitrogens with two attached hydrogens (primary N) is 1. The smallest absolute Gasteiger partial charge is 0.328 e. The van der Waals surface area contributed by atoms with Crippen LogP contribution in [0.2, 0.25) is 0 Å². The van der Waals surface area contributed by atoms with Crippen LogP contribution in [0.1, 0.15) is 20.3 Å². The number of rotatable bonds is 6. The van der Waals surface area contributed by atoms with Crippen molar-refractivity contribution in [2.75, 3.05) is 26.2 Å². The number of urea groups is 1. The van der Waals surface area contributed by atoms with Gasteiger partial charge in [-0.1, -0.05) is 13.8 Å². The van der Waals surface area contributed by atoms with Crippen LogP contribution in [0.25, 0.3) is 0 Å². The number of hydrogen-bond acceptors (Lipinski definition) is 3. The molecule has 78 valence electrons. The largest absolute Gasteiger partial charge is 0.337 e. The highest BCUT2D eigenvalue weighted by Crippen LogP contribution is 1.88. The molecule has 0 saturated heterocycles. The molecular formula is C8H20N4O. The average Bonchev–Trinajstić information content (AvgIpc) is 2.18. The molecule has 13 heavy (non-hydrogen) atoms. The molecule has 0 saturated carbocycles. The molecule has 0 aromatic carbocycles. The molecule has 0 aliphatic rings. The van der Waals surface area contributed by atoms with Crippen LogP contribution in [0.3, 0.4) is 0 Å². The molecule has 0 unspecified atom stereocenters. The molecule has 0 fully saturated rings. The van der Waals surface area contributed by atoms with Crippen molar-refractivity contribution in [2.24, 2.45) is 5.84 Å². The van der Waals surface area contributed by atoms with E-state index in [9.17, 15) is 4.79 Å². The molecule has 5 nitrogen and oxygen atoms in total. The topological polar surface area (TPSA) is 70.4 Å². The van der Waals surface area contributed by atoms with Crippen LogP contribution in [0.5, 0.6) is 0 Å². The van der Waals surface area contributed by atoms with Gasteiger partial charge in [-0.15, -0.1) is 0 Å². The summed E-state index contributed by atoms with van der Waals surface area (Å²) < 4.78 is 0. The van der Waals surface area contributed by atoms with Gasteiger partial charge in [0, 0.05) is 6.54 Å². The molecule has 0 spiro atoms. The molecule has 0 radical (unpaired) electrons. The molecule has 5 heteroatoms. The van der Waals surface area contributed by atoms with Gasteiger partial charge in [0.2, 0.25) is 0 Å². The molecule has 0 atom stereocenters. The van der Waals surface area contributed by atoms with E-state index in [1.165, 1.54) is 0 Å². The SMILES string of the molecule is CCN(CC)CCCNC(=O)NN. The van der Waals surface area contributed by atoms with Crippen LogP contribution in [0, 0.1) is 0 Å². The summed E-state index contributed by atoms with van der Waals surface area (Å²) in [5, 5.41) is 2.63. The van der Waals surface area contributed by atoms with Gasteiger partial charge in [-0.2, -0.15) is 0 Å². The molecule has 4 N–H and O–H groups in total. The van der Waals surface area contributed by atoms with Gasteiger partial charge in [-0.3, -0.25) is 5.43 Å². The first-order chi connectivity index (χ1) is 6.24. The lowest BCUT2D eigenvalue weighted by Crippen LogP contribution is -2.40. The molecule has 0 aliphatic heterocycles. The van der Waals surface area contributed by atoms with E-state index < -0.39 is 0 Å². The van der Waals surface area contributed by atoms with E-state index in [-0.39, 0.29) is 6.03 Å². The first-order valence-corrected chi connectivity index (χ1v) is 4.71. The summed E-state index contributed by atoms with van der Waals surface area (Å²) in [5.41, 5.74) is 2.02. The Bertz CT molecular complexity index is 136. The molecule has 0 aromatic rings. The van der Waals surface area contributed by atoms with Crippen LogP contribution in [0.15, 0.2) is 0 Å². The minimum Gasteiger partial charge on any atom is -0.337 e. The molecule has 0 rings (SSSR count). The Labute approximate surface area is 79.6 Å². The minimum absolute atomic E-state index is 0.320. The summed E-state index contributed by atoms with van der Waals surface area (Å²) in [6.45, 7) is 8.05. The number of nitrogens with zero attached hydrogens (tertiary/aromatic N) is 1. The van der Waals surface area contributed by atoms with Gasteiger partial charge in [-0.25, -0.2) is 10.6 Å². The van der Waals surface area contributed by atoms with Gasteiger partial charge < -0.3 is 10.2 Å². The third-order valence-corrected chi connectivity index (χ3v) is 1.96. The second-order valence-corrected chi connectivity index (χ2v) is 2.78. The van der Waals surface area contributed by atoms with E-state index in [1.54, 1.807) is 0 Å². The second kappa shape index (κ2) is 7.82. The Kier molecular flexibility index (Phi) is 7.33. The van der Waals surface area contributed by atoms with Crippen molar-refractivity contribution in [3.63, 3.8) is 0 Å². The highest BCUT2D eigenvalue weighted by atomic mass is 16.2. The monoisotopic (exact) mass is 188 g/mol. The normalized spacial score (nSPS) is 10.2. The summed E-state index contributed by atoms with van der Waals surface area (Å²) >= 11 is 0. The van der Waals surface area contributed by atoms with Crippen LogP contribution < -0.4 is 16.6 Å². The van der Waals surface area contributed by atoms with Crippen molar-refractivity contribution in [3.8, 4) is 0 Å². The number of hydrazine groups is 1. The molecular weight excluding hydrogens is 168 g/mol. The van der Waals surface area contributed by atoms with Crippen molar-refractivity contribution in [1.82, 2.24) is 15.6 Å². The third kappa shape index (κ3) is 6.36. The van der Waals surface area contributed by atoms with Gasteiger partial charge in [-0.05, 0) is 26.1 Å². The van der Waals surface area contributed by atoms with Gasteiger partial charge in [0.15, 0.2) is 0 Å². The maximum absolute atomic E-state index is 10.6. The molecule has 0 aromatic heterocycles. The lowest BCUT2D eigenvalue weighted by atomic mass is 10.3. The predicted molar refractivity (Wildman–Crippen MR) is 53.1 cm³/mol. The van der Waals surface area contributed by atoms with Crippen LogP contribution >= 0.6 is 0 Å². The van der Waals surface area contributed by atoms with E-state index in [0.29, 0.717) is 6.54 Å². The van der Waals surface area contributed by atoms with E-state index in [0.717, 1.165) is 26.1 Å². The minimum atomic E-state index is -0.320. The Balaban J connectivity index is 3.28. The Morgan fingerprint density at radius 3 is 2.46 bits per heavy atom.